The van der Waals surface area contributed by atoms with Crippen molar-refractivity contribution in [1.82, 2.24) is 0 Å². The van der Waals surface area contributed by atoms with Gasteiger partial charge in [-0.05, 0) is 37.5 Å². The average molecular weight is 178 g/mol. The first-order valence-electron chi connectivity index (χ1n) is 4.32. The number of hydrogen-bond donors (Lipinski definition) is 1. The number of aliphatic carboxylic acids is 1. The minimum absolute atomic E-state index is 0.417. The van der Waals surface area contributed by atoms with Crippen LogP contribution in [-0.4, -0.2) is 11.1 Å². The Morgan fingerprint density at radius 1 is 1.31 bits per heavy atom. The smallest absolute Gasteiger partial charge is 0.310 e. The third-order valence-electron chi connectivity index (χ3n) is 2.40. The lowest BCUT2D eigenvalue weighted by molar-refractivity contribution is -0.138. The van der Waals surface area contributed by atoms with E-state index in [1.54, 1.807) is 6.92 Å². The summed E-state index contributed by atoms with van der Waals surface area (Å²) in [6.45, 7) is 5.71. The van der Waals surface area contributed by atoms with Gasteiger partial charge < -0.3 is 5.11 Å². The molecule has 1 aromatic carbocycles. The summed E-state index contributed by atoms with van der Waals surface area (Å²) in [6, 6.07) is 5.78. The van der Waals surface area contributed by atoms with Gasteiger partial charge in [0.25, 0.3) is 0 Å². The van der Waals surface area contributed by atoms with Gasteiger partial charge in [0, 0.05) is 0 Å². The molecule has 1 atom stereocenters. The highest BCUT2D eigenvalue weighted by atomic mass is 16.4. The molecule has 2 heteroatoms. The number of carbonyl (C=O) groups is 1. The van der Waals surface area contributed by atoms with Crippen LogP contribution in [0.5, 0.6) is 0 Å². The van der Waals surface area contributed by atoms with Crippen LogP contribution in [0, 0.1) is 13.8 Å². The van der Waals surface area contributed by atoms with Crippen molar-refractivity contribution in [3.05, 3.63) is 34.9 Å². The minimum Gasteiger partial charge on any atom is -0.481 e. The van der Waals surface area contributed by atoms with Gasteiger partial charge in [0.05, 0.1) is 5.92 Å². The molecule has 13 heavy (non-hydrogen) atoms. The molecule has 0 spiro atoms. The Morgan fingerprint density at radius 2 is 1.92 bits per heavy atom. The maximum Gasteiger partial charge on any atom is 0.310 e. The number of hydrogen-bond acceptors (Lipinski definition) is 1. The highest BCUT2D eigenvalue weighted by Gasteiger charge is 2.13. The van der Waals surface area contributed by atoms with Crippen molar-refractivity contribution >= 4 is 5.97 Å². The third kappa shape index (κ3) is 2.08. The number of carboxylic acid groups (broad SMARTS) is 1. The van der Waals surface area contributed by atoms with E-state index in [0.29, 0.717) is 0 Å². The highest BCUT2D eigenvalue weighted by Crippen LogP contribution is 2.18. The van der Waals surface area contributed by atoms with Crippen molar-refractivity contribution in [2.45, 2.75) is 26.7 Å². The molecule has 1 rings (SSSR count). The topological polar surface area (TPSA) is 37.3 Å². The van der Waals surface area contributed by atoms with Gasteiger partial charge in [-0.25, -0.2) is 0 Å². The standard InChI is InChI=1S/C11H14O2/c1-7-4-5-10(6-8(7)2)9(3)11(12)13/h4-6,9H,1-3H3,(H,12,13). The second-order valence-corrected chi connectivity index (χ2v) is 3.40. The summed E-state index contributed by atoms with van der Waals surface area (Å²) in [7, 11) is 0. The van der Waals surface area contributed by atoms with Crippen molar-refractivity contribution in [2.75, 3.05) is 0 Å². The van der Waals surface area contributed by atoms with Crippen LogP contribution in [-0.2, 0) is 4.79 Å². The zero-order valence-electron chi connectivity index (χ0n) is 8.16. The predicted molar refractivity (Wildman–Crippen MR) is 52.0 cm³/mol. The van der Waals surface area contributed by atoms with Gasteiger partial charge in [-0.1, -0.05) is 18.2 Å². The molecule has 1 unspecified atom stereocenters. The van der Waals surface area contributed by atoms with E-state index in [4.69, 9.17) is 5.11 Å². The number of rotatable bonds is 2. The van der Waals surface area contributed by atoms with Crippen LogP contribution in [0.25, 0.3) is 0 Å². The van der Waals surface area contributed by atoms with E-state index in [0.717, 1.165) is 11.1 Å². The van der Waals surface area contributed by atoms with E-state index in [1.165, 1.54) is 5.56 Å². The summed E-state index contributed by atoms with van der Waals surface area (Å²) in [6.07, 6.45) is 0. The van der Waals surface area contributed by atoms with E-state index in [-0.39, 0.29) is 0 Å². The molecule has 0 aromatic heterocycles. The third-order valence-corrected chi connectivity index (χ3v) is 2.40. The largest absolute Gasteiger partial charge is 0.481 e. The Hall–Kier alpha value is -1.31. The first-order valence-corrected chi connectivity index (χ1v) is 4.32. The predicted octanol–water partition coefficient (Wildman–Crippen LogP) is 2.49. The van der Waals surface area contributed by atoms with E-state index in [9.17, 15) is 4.79 Å². The molecule has 0 aliphatic carbocycles. The Morgan fingerprint density at radius 3 is 2.38 bits per heavy atom. The van der Waals surface area contributed by atoms with Crippen molar-refractivity contribution < 1.29 is 9.90 Å². The van der Waals surface area contributed by atoms with Gasteiger partial charge in [-0.2, -0.15) is 0 Å². The van der Waals surface area contributed by atoms with Gasteiger partial charge >= 0.3 is 5.97 Å². The fourth-order valence-electron chi connectivity index (χ4n) is 1.18. The molecule has 1 aromatic rings. The molecule has 0 fully saturated rings. The van der Waals surface area contributed by atoms with E-state index >= 15 is 0 Å². The first-order chi connectivity index (χ1) is 6.02. The molecule has 0 heterocycles. The molecule has 0 bridgehead atoms. The summed E-state index contributed by atoms with van der Waals surface area (Å²) in [5.74, 6) is -1.19. The van der Waals surface area contributed by atoms with E-state index < -0.39 is 11.9 Å². The van der Waals surface area contributed by atoms with Crippen LogP contribution in [0.3, 0.4) is 0 Å². The molecule has 1 N–H and O–H groups in total. The minimum atomic E-state index is -0.775. The molecule has 2 nitrogen and oxygen atoms in total. The van der Waals surface area contributed by atoms with E-state index in [1.807, 2.05) is 32.0 Å². The number of carboxylic acids is 1. The molecule has 0 saturated heterocycles. The molecule has 0 aliphatic heterocycles. The summed E-state index contributed by atoms with van der Waals surface area (Å²) in [4.78, 5) is 10.7. The van der Waals surface area contributed by atoms with Crippen LogP contribution in [0.4, 0.5) is 0 Å². The van der Waals surface area contributed by atoms with Gasteiger partial charge in [-0.3, -0.25) is 4.79 Å². The van der Waals surface area contributed by atoms with Crippen LogP contribution in [0.1, 0.15) is 29.5 Å². The van der Waals surface area contributed by atoms with Gasteiger partial charge in [0.2, 0.25) is 0 Å². The SMILES string of the molecule is Cc1ccc(C(C)C(=O)O)cc1C. The lowest BCUT2D eigenvalue weighted by atomic mass is 9.97. The number of aryl methyl sites for hydroxylation is 2. The molecule has 0 amide bonds. The van der Waals surface area contributed by atoms with Crippen LogP contribution in [0.2, 0.25) is 0 Å². The van der Waals surface area contributed by atoms with Crippen molar-refractivity contribution in [2.24, 2.45) is 0 Å². The van der Waals surface area contributed by atoms with E-state index in [2.05, 4.69) is 0 Å². The lowest BCUT2D eigenvalue weighted by Crippen LogP contribution is -2.07. The Kier molecular flexibility index (Phi) is 2.71. The Bertz CT molecular complexity index is 329. The van der Waals surface area contributed by atoms with Crippen molar-refractivity contribution in [3.63, 3.8) is 0 Å². The lowest BCUT2D eigenvalue weighted by Gasteiger charge is -2.08. The fraction of sp³-hybridized carbons (Fsp3) is 0.364. The number of benzene rings is 1. The summed E-state index contributed by atoms with van der Waals surface area (Å²) in [5.41, 5.74) is 3.21. The summed E-state index contributed by atoms with van der Waals surface area (Å²) in [5, 5.41) is 8.80. The molecule has 0 radical (unpaired) electrons. The van der Waals surface area contributed by atoms with Gasteiger partial charge in [-0.15, -0.1) is 0 Å². The second-order valence-electron chi connectivity index (χ2n) is 3.40. The second kappa shape index (κ2) is 3.60. The van der Waals surface area contributed by atoms with Crippen LogP contribution in [0.15, 0.2) is 18.2 Å². The maximum absolute atomic E-state index is 10.7. The van der Waals surface area contributed by atoms with Gasteiger partial charge in [0.15, 0.2) is 0 Å². The highest BCUT2D eigenvalue weighted by molar-refractivity contribution is 5.75. The fourth-order valence-corrected chi connectivity index (χ4v) is 1.18. The normalized spacial score (nSPS) is 12.5. The average Bonchev–Trinajstić information content (AvgIpc) is 2.08. The monoisotopic (exact) mass is 178 g/mol. The molecular weight excluding hydrogens is 164 g/mol. The Labute approximate surface area is 78.2 Å². The molecule has 0 saturated carbocycles. The Balaban J connectivity index is 3.03. The maximum atomic E-state index is 10.7. The van der Waals surface area contributed by atoms with Crippen molar-refractivity contribution in [3.8, 4) is 0 Å². The van der Waals surface area contributed by atoms with Gasteiger partial charge in [0.1, 0.15) is 0 Å². The molecule has 70 valence electrons. The zero-order valence-corrected chi connectivity index (χ0v) is 8.16. The first kappa shape index (κ1) is 9.78. The molecule has 0 aliphatic rings. The van der Waals surface area contributed by atoms with Crippen LogP contribution >= 0.6 is 0 Å². The summed E-state index contributed by atoms with van der Waals surface area (Å²) < 4.78 is 0. The van der Waals surface area contributed by atoms with Crippen LogP contribution < -0.4 is 0 Å². The summed E-state index contributed by atoms with van der Waals surface area (Å²) >= 11 is 0. The van der Waals surface area contributed by atoms with Crippen molar-refractivity contribution in [1.29, 1.82) is 0 Å². The zero-order chi connectivity index (χ0) is 10.0. The molecular formula is C11H14O2. The quantitative estimate of drug-likeness (QED) is 0.755.